The van der Waals surface area contributed by atoms with Gasteiger partial charge in [0.05, 0.1) is 11.1 Å². The number of carbonyl (C=O) groups excluding carboxylic acids is 4. The molecule has 6 rings (SSSR count). The number of likely N-dealkylation sites (tertiary alicyclic amines) is 1. The summed E-state index contributed by atoms with van der Waals surface area (Å²) in [5.41, 5.74) is 1.84. The summed E-state index contributed by atoms with van der Waals surface area (Å²) in [6, 6.07) is 5.71. The van der Waals surface area contributed by atoms with E-state index in [1.54, 1.807) is 6.07 Å². The van der Waals surface area contributed by atoms with Gasteiger partial charge in [-0.15, -0.1) is 0 Å². The zero-order valence-corrected chi connectivity index (χ0v) is 18.8. The van der Waals surface area contributed by atoms with Crippen LogP contribution in [0.4, 0.5) is 0 Å². The van der Waals surface area contributed by atoms with Gasteiger partial charge in [-0.2, -0.15) is 0 Å². The van der Waals surface area contributed by atoms with Crippen molar-refractivity contribution in [1.29, 1.82) is 0 Å². The molecule has 174 valence electrons. The monoisotopic (exact) mass is 450 g/mol. The van der Waals surface area contributed by atoms with Gasteiger partial charge in [-0.1, -0.05) is 18.6 Å². The van der Waals surface area contributed by atoms with E-state index in [0.29, 0.717) is 29.8 Å². The molecule has 4 saturated heterocycles. The molecule has 5 aliphatic heterocycles. The van der Waals surface area contributed by atoms with Crippen molar-refractivity contribution in [3.05, 3.63) is 34.9 Å². The first kappa shape index (κ1) is 21.0. The maximum Gasteiger partial charge on any atom is 0.262 e. The van der Waals surface area contributed by atoms with Crippen molar-refractivity contribution in [2.75, 3.05) is 6.54 Å². The lowest BCUT2D eigenvalue weighted by molar-refractivity contribution is -0.136. The Morgan fingerprint density at radius 3 is 2.52 bits per heavy atom. The van der Waals surface area contributed by atoms with E-state index in [1.165, 1.54) is 25.7 Å². The van der Waals surface area contributed by atoms with Crippen molar-refractivity contribution in [3.63, 3.8) is 0 Å². The Labute approximate surface area is 193 Å². The largest absolute Gasteiger partial charge is 0.311 e. The molecular weight excluding hydrogens is 420 g/mol. The molecule has 2 bridgehead atoms. The Kier molecular flexibility index (Phi) is 4.92. The lowest BCUT2D eigenvalue weighted by Gasteiger charge is -2.52. The number of carbonyl (C=O) groups is 4. The van der Waals surface area contributed by atoms with Crippen molar-refractivity contribution in [2.45, 2.75) is 88.0 Å². The summed E-state index contributed by atoms with van der Waals surface area (Å²) in [6.45, 7) is 1.65. The van der Waals surface area contributed by atoms with Gasteiger partial charge < -0.3 is 5.32 Å². The van der Waals surface area contributed by atoms with Crippen LogP contribution in [0, 0.1) is 0 Å². The number of rotatable bonds is 3. The molecule has 33 heavy (non-hydrogen) atoms. The molecule has 0 radical (unpaired) electrons. The van der Waals surface area contributed by atoms with Crippen LogP contribution in [-0.2, 0) is 16.1 Å². The number of nitrogens with one attached hydrogen (secondary N) is 2. The van der Waals surface area contributed by atoms with Crippen LogP contribution in [0.15, 0.2) is 18.2 Å². The van der Waals surface area contributed by atoms with E-state index in [4.69, 9.17) is 0 Å². The van der Waals surface area contributed by atoms with Gasteiger partial charge in [0.15, 0.2) is 0 Å². The number of imide groups is 2. The standard InChI is InChI=1S/C25H30N4O4/c30-20-9-8-19(22(31)27-20)29-23(32)18-5-3-4-15(21(18)24(29)33)14-28-11-2-1-10-25(28)12-16-6-7-17(13-25)26-16/h3-5,16-17,19,26H,1-2,6-14H2,(H,27,30,31). The highest BCUT2D eigenvalue weighted by atomic mass is 16.2. The fourth-order valence-electron chi connectivity index (χ4n) is 7.01. The number of piperidine rings is 3. The molecule has 1 spiro atoms. The van der Waals surface area contributed by atoms with Crippen LogP contribution in [0.5, 0.6) is 0 Å². The van der Waals surface area contributed by atoms with Gasteiger partial charge in [0.2, 0.25) is 11.8 Å². The highest BCUT2D eigenvalue weighted by Crippen LogP contribution is 2.44. The van der Waals surface area contributed by atoms with E-state index in [9.17, 15) is 19.2 Å². The minimum Gasteiger partial charge on any atom is -0.311 e. The molecule has 2 N–H and O–H groups in total. The third-order valence-corrected chi connectivity index (χ3v) is 8.49. The minimum atomic E-state index is -0.927. The van der Waals surface area contributed by atoms with E-state index in [-0.39, 0.29) is 24.3 Å². The number of hydrogen-bond donors (Lipinski definition) is 2. The summed E-state index contributed by atoms with van der Waals surface area (Å²) in [5.74, 6) is -1.77. The molecule has 0 aromatic heterocycles. The fourth-order valence-corrected chi connectivity index (χ4v) is 7.01. The summed E-state index contributed by atoms with van der Waals surface area (Å²) in [7, 11) is 0. The second-order valence-electron chi connectivity index (χ2n) is 10.4. The van der Waals surface area contributed by atoms with Crippen LogP contribution in [0.2, 0.25) is 0 Å². The minimum absolute atomic E-state index is 0.128. The van der Waals surface area contributed by atoms with Gasteiger partial charge >= 0.3 is 0 Å². The second kappa shape index (κ2) is 7.74. The molecule has 1 aromatic rings. The normalized spacial score (nSPS) is 34.2. The van der Waals surface area contributed by atoms with Crippen molar-refractivity contribution >= 4 is 23.6 Å². The molecule has 5 heterocycles. The Morgan fingerprint density at radius 1 is 0.970 bits per heavy atom. The van der Waals surface area contributed by atoms with E-state index < -0.39 is 23.8 Å². The summed E-state index contributed by atoms with van der Waals surface area (Å²) >= 11 is 0. The smallest absolute Gasteiger partial charge is 0.262 e. The van der Waals surface area contributed by atoms with Crippen LogP contribution in [-0.4, -0.2) is 63.6 Å². The summed E-state index contributed by atoms with van der Waals surface area (Å²) < 4.78 is 0. The van der Waals surface area contributed by atoms with Crippen LogP contribution in [0.25, 0.3) is 0 Å². The van der Waals surface area contributed by atoms with Gasteiger partial charge in [-0.25, -0.2) is 0 Å². The lowest BCUT2D eigenvalue weighted by atomic mass is 9.76. The number of amides is 4. The third kappa shape index (κ3) is 3.34. The zero-order chi connectivity index (χ0) is 22.7. The fraction of sp³-hybridized carbons (Fsp3) is 0.600. The molecule has 4 amide bonds. The first-order valence-corrected chi connectivity index (χ1v) is 12.3. The van der Waals surface area contributed by atoms with Crippen molar-refractivity contribution in [1.82, 2.24) is 20.4 Å². The summed E-state index contributed by atoms with van der Waals surface area (Å²) in [6.07, 6.45) is 8.66. The quantitative estimate of drug-likeness (QED) is 0.681. The van der Waals surface area contributed by atoms with Crippen molar-refractivity contribution in [3.8, 4) is 0 Å². The van der Waals surface area contributed by atoms with Gasteiger partial charge in [-0.05, 0) is 63.1 Å². The third-order valence-electron chi connectivity index (χ3n) is 8.49. The Balaban J connectivity index is 1.30. The molecule has 4 fully saturated rings. The molecule has 0 aliphatic carbocycles. The first-order chi connectivity index (χ1) is 15.9. The number of fused-ring (bicyclic) bond motifs is 3. The number of benzene rings is 1. The average molecular weight is 451 g/mol. The average Bonchev–Trinajstić information content (AvgIpc) is 3.27. The SMILES string of the molecule is O=C1CCC(N2C(=O)c3cccc(CN4CCCCC45CC4CCC(C5)N4)c3C2=O)C(=O)N1. The molecular formula is C25H30N4O4. The van der Waals surface area contributed by atoms with Crippen LogP contribution in [0.1, 0.15) is 84.1 Å². The van der Waals surface area contributed by atoms with E-state index >= 15 is 0 Å². The maximum atomic E-state index is 13.5. The molecule has 3 unspecified atom stereocenters. The Morgan fingerprint density at radius 2 is 1.76 bits per heavy atom. The predicted octanol–water partition coefficient (Wildman–Crippen LogP) is 1.73. The summed E-state index contributed by atoms with van der Waals surface area (Å²) in [5, 5.41) is 6.03. The molecule has 1 aromatic carbocycles. The molecule has 0 saturated carbocycles. The highest BCUT2D eigenvalue weighted by Gasteiger charge is 2.49. The van der Waals surface area contributed by atoms with Crippen LogP contribution in [0.3, 0.4) is 0 Å². The van der Waals surface area contributed by atoms with Gasteiger partial charge in [0.1, 0.15) is 6.04 Å². The highest BCUT2D eigenvalue weighted by molar-refractivity contribution is 6.24. The molecule has 5 aliphatic rings. The van der Waals surface area contributed by atoms with Crippen LogP contribution < -0.4 is 10.6 Å². The summed E-state index contributed by atoms with van der Waals surface area (Å²) in [4.78, 5) is 54.3. The van der Waals surface area contributed by atoms with E-state index in [1.807, 2.05) is 12.1 Å². The molecule has 8 nitrogen and oxygen atoms in total. The van der Waals surface area contributed by atoms with E-state index in [0.717, 1.165) is 36.3 Å². The topological polar surface area (TPSA) is 98.8 Å². The first-order valence-electron chi connectivity index (χ1n) is 12.3. The van der Waals surface area contributed by atoms with Gasteiger partial charge in [0, 0.05) is 30.6 Å². The van der Waals surface area contributed by atoms with Crippen LogP contribution >= 0.6 is 0 Å². The maximum absolute atomic E-state index is 13.5. The number of hydrogen-bond acceptors (Lipinski definition) is 6. The second-order valence-corrected chi connectivity index (χ2v) is 10.4. The lowest BCUT2D eigenvalue weighted by Crippen LogP contribution is -2.59. The van der Waals surface area contributed by atoms with Crippen molar-refractivity contribution in [2.24, 2.45) is 0 Å². The predicted molar refractivity (Wildman–Crippen MR) is 119 cm³/mol. The Bertz CT molecular complexity index is 1040. The molecule has 3 atom stereocenters. The molecule has 8 heteroatoms. The zero-order valence-electron chi connectivity index (χ0n) is 18.8. The number of nitrogens with zero attached hydrogens (tertiary/aromatic N) is 2. The van der Waals surface area contributed by atoms with E-state index in [2.05, 4.69) is 15.5 Å². The van der Waals surface area contributed by atoms with Gasteiger partial charge in [-0.3, -0.25) is 34.3 Å². The van der Waals surface area contributed by atoms with Gasteiger partial charge in [0.25, 0.3) is 11.8 Å². The van der Waals surface area contributed by atoms with Crippen molar-refractivity contribution < 1.29 is 19.2 Å². The Hall–Kier alpha value is -2.58.